The third-order valence-corrected chi connectivity index (χ3v) is 5.68. The molecule has 3 aromatic carbocycles. The van der Waals surface area contributed by atoms with Crippen molar-refractivity contribution < 1.29 is 9.72 Å². The number of nitro groups is 1. The number of benzene rings is 3. The molecule has 176 valence electrons. The Morgan fingerprint density at radius 2 is 1.54 bits per heavy atom. The van der Waals surface area contributed by atoms with Crippen molar-refractivity contribution in [3.63, 3.8) is 0 Å². The Morgan fingerprint density at radius 3 is 2.11 bits per heavy atom. The van der Waals surface area contributed by atoms with Crippen LogP contribution in [0.4, 0.5) is 23.0 Å². The molecular weight excluding hydrogens is 468 g/mol. The summed E-state index contributed by atoms with van der Waals surface area (Å²) in [5, 5.41) is 15.3. The number of hydrazine groups is 1. The summed E-state index contributed by atoms with van der Waals surface area (Å²) in [6, 6.07) is 23.6. The second-order valence-corrected chi connectivity index (χ2v) is 8.04. The quantitative estimate of drug-likeness (QED) is 0.225. The monoisotopic (exact) mass is 488 g/mol. The van der Waals surface area contributed by atoms with E-state index in [9.17, 15) is 14.9 Å². The van der Waals surface area contributed by atoms with Gasteiger partial charge in [0, 0.05) is 10.7 Å². The molecule has 0 saturated carbocycles. The van der Waals surface area contributed by atoms with Gasteiger partial charge in [0.1, 0.15) is 6.33 Å². The maximum Gasteiger partial charge on any atom is 0.355 e. The van der Waals surface area contributed by atoms with E-state index in [0.717, 1.165) is 23.0 Å². The highest BCUT2D eigenvalue weighted by Crippen LogP contribution is 2.32. The lowest BCUT2D eigenvalue weighted by Crippen LogP contribution is -2.35. The Morgan fingerprint density at radius 1 is 0.943 bits per heavy atom. The second kappa shape index (κ2) is 10.6. The van der Waals surface area contributed by atoms with E-state index < -0.39 is 22.4 Å². The minimum Gasteiger partial charge on any atom is -0.334 e. The molecule has 35 heavy (non-hydrogen) atoms. The van der Waals surface area contributed by atoms with Gasteiger partial charge in [0.15, 0.2) is 0 Å². The van der Waals surface area contributed by atoms with E-state index in [4.69, 9.17) is 11.6 Å². The number of nitrogens with zero attached hydrogens (tertiary/aromatic N) is 3. The van der Waals surface area contributed by atoms with Gasteiger partial charge < -0.3 is 5.32 Å². The Bertz CT molecular complexity index is 1310. The standard InChI is InChI=1S/C25H21ClN6O3/c1-16-12-13-19(14-20(16)26)29-23-22(32(34)35)24(28-15-27-23)30-31-25(33)21(17-8-4-2-5-9-17)18-10-6-3-7-11-18/h2-15,21H,1H3,(H,31,33)(H2,27,28,29,30). The van der Waals surface area contributed by atoms with Crippen molar-refractivity contribution in [2.24, 2.45) is 0 Å². The van der Waals surface area contributed by atoms with Crippen LogP contribution in [0.1, 0.15) is 22.6 Å². The molecule has 9 nitrogen and oxygen atoms in total. The summed E-state index contributed by atoms with van der Waals surface area (Å²) >= 11 is 6.16. The first-order valence-electron chi connectivity index (χ1n) is 10.6. The van der Waals surface area contributed by atoms with Crippen molar-refractivity contribution in [3.05, 3.63) is 117 Å². The van der Waals surface area contributed by atoms with Crippen molar-refractivity contribution in [1.29, 1.82) is 0 Å². The number of carbonyl (C=O) groups excluding carboxylic acids is 1. The summed E-state index contributed by atoms with van der Waals surface area (Å²) in [6.07, 6.45) is 1.16. The first-order valence-corrected chi connectivity index (χ1v) is 11.0. The van der Waals surface area contributed by atoms with Gasteiger partial charge in [-0.3, -0.25) is 25.8 Å². The molecule has 0 aliphatic carbocycles. The zero-order valence-corrected chi connectivity index (χ0v) is 19.4. The molecule has 0 spiro atoms. The second-order valence-electron chi connectivity index (χ2n) is 7.63. The Kier molecular flexibility index (Phi) is 7.18. The molecule has 1 heterocycles. The molecule has 0 aliphatic rings. The lowest BCUT2D eigenvalue weighted by molar-refractivity contribution is -0.383. The van der Waals surface area contributed by atoms with E-state index in [1.54, 1.807) is 18.2 Å². The summed E-state index contributed by atoms with van der Waals surface area (Å²) in [6.45, 7) is 1.85. The number of nitrogens with one attached hydrogen (secondary N) is 3. The summed E-state index contributed by atoms with van der Waals surface area (Å²) in [7, 11) is 0. The fraction of sp³-hybridized carbons (Fsp3) is 0.0800. The van der Waals surface area contributed by atoms with Crippen LogP contribution in [0.5, 0.6) is 0 Å². The van der Waals surface area contributed by atoms with Crippen LogP contribution < -0.4 is 16.2 Å². The number of aromatic nitrogens is 2. The van der Waals surface area contributed by atoms with Crippen molar-refractivity contribution in [2.45, 2.75) is 12.8 Å². The third-order valence-electron chi connectivity index (χ3n) is 5.27. The van der Waals surface area contributed by atoms with Crippen molar-refractivity contribution in [1.82, 2.24) is 15.4 Å². The average Bonchev–Trinajstić information content (AvgIpc) is 2.86. The van der Waals surface area contributed by atoms with Crippen LogP contribution in [0.2, 0.25) is 5.02 Å². The maximum atomic E-state index is 13.2. The van der Waals surface area contributed by atoms with Crippen LogP contribution in [0.3, 0.4) is 0 Å². The first kappa shape index (κ1) is 23.7. The number of halogens is 1. The highest BCUT2D eigenvalue weighted by molar-refractivity contribution is 6.31. The Hall–Kier alpha value is -4.50. The van der Waals surface area contributed by atoms with E-state index in [0.29, 0.717) is 10.7 Å². The van der Waals surface area contributed by atoms with Gasteiger partial charge in [0.25, 0.3) is 0 Å². The molecule has 1 aromatic heterocycles. The first-order chi connectivity index (χ1) is 16.9. The number of carbonyl (C=O) groups is 1. The average molecular weight is 489 g/mol. The fourth-order valence-corrected chi connectivity index (χ4v) is 3.70. The van der Waals surface area contributed by atoms with Gasteiger partial charge in [0.05, 0.1) is 10.8 Å². The smallest absolute Gasteiger partial charge is 0.334 e. The molecule has 0 fully saturated rings. The summed E-state index contributed by atoms with van der Waals surface area (Å²) < 4.78 is 0. The van der Waals surface area contributed by atoms with E-state index in [1.807, 2.05) is 67.6 Å². The highest BCUT2D eigenvalue weighted by Gasteiger charge is 2.26. The molecule has 0 radical (unpaired) electrons. The van der Waals surface area contributed by atoms with Crippen molar-refractivity contribution in [3.8, 4) is 0 Å². The van der Waals surface area contributed by atoms with Crippen LogP contribution >= 0.6 is 11.6 Å². The van der Waals surface area contributed by atoms with Crippen LogP contribution in [-0.4, -0.2) is 20.8 Å². The molecule has 0 atom stereocenters. The maximum absolute atomic E-state index is 13.2. The van der Waals surface area contributed by atoms with Crippen LogP contribution in [0.25, 0.3) is 0 Å². The molecule has 4 rings (SSSR count). The van der Waals surface area contributed by atoms with Crippen LogP contribution in [-0.2, 0) is 4.79 Å². The van der Waals surface area contributed by atoms with Gasteiger partial charge >= 0.3 is 5.69 Å². The Labute approximate surface area is 206 Å². The Balaban J connectivity index is 1.59. The number of aryl methyl sites for hydroxylation is 1. The van der Waals surface area contributed by atoms with Crippen molar-refractivity contribution >= 4 is 40.5 Å². The van der Waals surface area contributed by atoms with Gasteiger partial charge in [-0.15, -0.1) is 0 Å². The van der Waals surface area contributed by atoms with Gasteiger partial charge in [-0.1, -0.05) is 78.3 Å². The minimum absolute atomic E-state index is 0.0515. The molecule has 10 heteroatoms. The van der Waals surface area contributed by atoms with Gasteiger partial charge in [-0.2, -0.15) is 0 Å². The summed E-state index contributed by atoms with van der Waals surface area (Å²) in [4.78, 5) is 32.5. The van der Waals surface area contributed by atoms with Gasteiger partial charge in [0.2, 0.25) is 17.5 Å². The minimum atomic E-state index is -0.641. The molecule has 3 N–H and O–H groups in total. The van der Waals surface area contributed by atoms with Gasteiger partial charge in [-0.05, 0) is 35.7 Å². The van der Waals surface area contributed by atoms with E-state index >= 15 is 0 Å². The lowest BCUT2D eigenvalue weighted by atomic mass is 9.91. The zero-order chi connectivity index (χ0) is 24.8. The predicted octanol–water partition coefficient (Wildman–Crippen LogP) is 5.37. The number of rotatable bonds is 8. The van der Waals surface area contributed by atoms with E-state index in [2.05, 4.69) is 26.1 Å². The number of amides is 1. The zero-order valence-electron chi connectivity index (χ0n) is 18.6. The van der Waals surface area contributed by atoms with E-state index in [-0.39, 0.29) is 11.6 Å². The summed E-state index contributed by atoms with van der Waals surface area (Å²) in [5.74, 6) is -1.27. The fourth-order valence-electron chi connectivity index (χ4n) is 3.52. The van der Waals surface area contributed by atoms with Crippen LogP contribution in [0.15, 0.2) is 85.2 Å². The molecule has 0 saturated heterocycles. The number of anilines is 3. The number of hydrogen-bond acceptors (Lipinski definition) is 7. The number of hydrogen-bond donors (Lipinski definition) is 3. The van der Waals surface area contributed by atoms with Crippen LogP contribution in [0, 0.1) is 17.0 Å². The molecule has 0 bridgehead atoms. The van der Waals surface area contributed by atoms with Crippen molar-refractivity contribution in [2.75, 3.05) is 10.7 Å². The molecular formula is C25H21ClN6O3. The van der Waals surface area contributed by atoms with E-state index in [1.165, 1.54) is 0 Å². The molecule has 1 amide bonds. The van der Waals surface area contributed by atoms with Gasteiger partial charge in [-0.25, -0.2) is 9.97 Å². The predicted molar refractivity (Wildman–Crippen MR) is 135 cm³/mol. The highest BCUT2D eigenvalue weighted by atomic mass is 35.5. The third kappa shape index (κ3) is 5.53. The largest absolute Gasteiger partial charge is 0.355 e. The molecule has 0 unspecified atom stereocenters. The lowest BCUT2D eigenvalue weighted by Gasteiger charge is -2.18. The SMILES string of the molecule is Cc1ccc(Nc2ncnc(NNC(=O)C(c3ccccc3)c3ccccc3)c2[N+](=O)[O-])cc1Cl. The molecule has 0 aliphatic heterocycles. The summed E-state index contributed by atoms with van der Waals surface area (Å²) in [5.41, 5.74) is 7.67. The molecule has 4 aromatic rings. The normalized spacial score (nSPS) is 10.6. The topological polar surface area (TPSA) is 122 Å².